The lowest BCUT2D eigenvalue weighted by Crippen LogP contribution is -2.38. The van der Waals surface area contributed by atoms with Gasteiger partial charge in [0.1, 0.15) is 5.75 Å². The summed E-state index contributed by atoms with van der Waals surface area (Å²) in [5, 5.41) is 14.9. The number of benzene rings is 1. The van der Waals surface area contributed by atoms with Crippen LogP contribution in [0, 0.1) is 23.7 Å². The van der Waals surface area contributed by atoms with Crippen molar-refractivity contribution in [2.75, 3.05) is 0 Å². The SMILES string of the molecule is O=C1[C@@H]2[C@H](C(=O)N1/N=C/c1cc(Br)ccc1O)[C@@H]1C=C[C@@H]2CC1. The standard InChI is InChI=1S/C17H15BrN2O3/c18-12-5-6-13(21)11(7-12)8-19-20-16(22)14-9-1-2-10(4-3-9)15(14)17(20)23/h1-2,5-10,14-15,21H,3-4H2/b19-8+/t9-,10-,14-,15+/m1/s1. The summed E-state index contributed by atoms with van der Waals surface area (Å²) in [6, 6.07) is 4.92. The molecule has 1 saturated heterocycles. The molecule has 1 heterocycles. The number of hydrogen-bond donors (Lipinski definition) is 1. The summed E-state index contributed by atoms with van der Waals surface area (Å²) in [6.45, 7) is 0. The second-order valence-electron chi connectivity index (χ2n) is 6.28. The predicted octanol–water partition coefficient (Wildman–Crippen LogP) is 2.69. The van der Waals surface area contributed by atoms with E-state index in [1.54, 1.807) is 12.1 Å². The number of imide groups is 1. The first-order valence-corrected chi connectivity index (χ1v) is 8.44. The van der Waals surface area contributed by atoms with Crippen molar-refractivity contribution >= 4 is 34.0 Å². The Balaban J connectivity index is 1.63. The van der Waals surface area contributed by atoms with Crippen LogP contribution >= 0.6 is 15.9 Å². The third-order valence-electron chi connectivity index (χ3n) is 5.04. The lowest BCUT2D eigenvalue weighted by Gasteiger charge is -2.37. The van der Waals surface area contributed by atoms with Crippen LogP contribution in [0.15, 0.2) is 39.9 Å². The molecule has 5 rings (SSSR count). The van der Waals surface area contributed by atoms with E-state index in [2.05, 4.69) is 33.2 Å². The molecule has 5 nitrogen and oxygen atoms in total. The zero-order valence-corrected chi connectivity index (χ0v) is 13.8. The maximum Gasteiger partial charge on any atom is 0.254 e. The van der Waals surface area contributed by atoms with Gasteiger partial charge in [0.25, 0.3) is 11.8 Å². The first-order chi connectivity index (χ1) is 11.1. The lowest BCUT2D eigenvalue weighted by atomic mass is 9.63. The molecule has 1 aliphatic heterocycles. The van der Waals surface area contributed by atoms with Crippen molar-refractivity contribution in [3.8, 4) is 5.75 Å². The molecular formula is C17H15BrN2O3. The van der Waals surface area contributed by atoms with Crippen molar-refractivity contribution in [3.63, 3.8) is 0 Å². The fraction of sp³-hybridized carbons (Fsp3) is 0.353. The van der Waals surface area contributed by atoms with E-state index in [0.717, 1.165) is 22.3 Å². The number of hydrazone groups is 1. The Bertz CT molecular complexity index is 726. The Morgan fingerprint density at radius 3 is 2.30 bits per heavy atom. The zero-order valence-electron chi connectivity index (χ0n) is 12.2. The van der Waals surface area contributed by atoms with Crippen LogP contribution in [-0.4, -0.2) is 28.1 Å². The van der Waals surface area contributed by atoms with E-state index in [4.69, 9.17) is 0 Å². The molecule has 0 radical (unpaired) electrons. The summed E-state index contributed by atoms with van der Waals surface area (Å²) >= 11 is 3.32. The van der Waals surface area contributed by atoms with Crippen molar-refractivity contribution in [1.29, 1.82) is 0 Å². The van der Waals surface area contributed by atoms with Crippen LogP contribution in [0.5, 0.6) is 5.75 Å². The van der Waals surface area contributed by atoms with Gasteiger partial charge in [-0.25, -0.2) is 0 Å². The van der Waals surface area contributed by atoms with Crippen LogP contribution in [0.3, 0.4) is 0 Å². The van der Waals surface area contributed by atoms with E-state index in [0.29, 0.717) is 5.56 Å². The number of allylic oxidation sites excluding steroid dienone is 2. The largest absolute Gasteiger partial charge is 0.507 e. The smallest absolute Gasteiger partial charge is 0.254 e. The van der Waals surface area contributed by atoms with Crippen molar-refractivity contribution in [3.05, 3.63) is 40.4 Å². The first-order valence-electron chi connectivity index (χ1n) is 7.65. The summed E-state index contributed by atoms with van der Waals surface area (Å²) in [4.78, 5) is 25.2. The van der Waals surface area contributed by atoms with E-state index in [-0.39, 0.29) is 41.2 Å². The quantitative estimate of drug-likeness (QED) is 0.491. The molecule has 1 N–H and O–H groups in total. The summed E-state index contributed by atoms with van der Waals surface area (Å²) in [6.07, 6.45) is 7.45. The van der Waals surface area contributed by atoms with Gasteiger partial charge in [-0.05, 0) is 42.9 Å². The molecule has 1 saturated carbocycles. The number of aromatic hydroxyl groups is 1. The minimum Gasteiger partial charge on any atom is -0.507 e. The predicted molar refractivity (Wildman–Crippen MR) is 87.6 cm³/mol. The molecule has 0 unspecified atom stereocenters. The number of rotatable bonds is 2. The molecule has 118 valence electrons. The monoisotopic (exact) mass is 374 g/mol. The van der Waals surface area contributed by atoms with Gasteiger partial charge in [0.15, 0.2) is 0 Å². The second kappa shape index (κ2) is 5.30. The number of hydrogen-bond acceptors (Lipinski definition) is 4. The van der Waals surface area contributed by atoms with Gasteiger partial charge in [0.05, 0.1) is 18.1 Å². The van der Waals surface area contributed by atoms with Gasteiger partial charge in [-0.2, -0.15) is 10.1 Å². The molecule has 0 spiro atoms. The van der Waals surface area contributed by atoms with Crippen LogP contribution in [0.2, 0.25) is 0 Å². The molecule has 23 heavy (non-hydrogen) atoms. The second-order valence-corrected chi connectivity index (χ2v) is 7.19. The van der Waals surface area contributed by atoms with Gasteiger partial charge in [-0.1, -0.05) is 28.1 Å². The average Bonchev–Trinajstić information content (AvgIpc) is 2.83. The van der Waals surface area contributed by atoms with E-state index >= 15 is 0 Å². The van der Waals surface area contributed by atoms with Crippen LogP contribution in [-0.2, 0) is 9.59 Å². The number of halogens is 1. The molecule has 2 fully saturated rings. The highest BCUT2D eigenvalue weighted by molar-refractivity contribution is 9.10. The Hall–Kier alpha value is -1.95. The number of amides is 2. The molecule has 0 aromatic heterocycles. The first kappa shape index (κ1) is 14.6. The van der Waals surface area contributed by atoms with Gasteiger partial charge in [-0.3, -0.25) is 9.59 Å². The minimum absolute atomic E-state index is 0.0511. The molecule has 3 aliphatic carbocycles. The van der Waals surface area contributed by atoms with Crippen molar-refractivity contribution < 1.29 is 14.7 Å². The number of carbonyl (C=O) groups is 2. The van der Waals surface area contributed by atoms with E-state index < -0.39 is 0 Å². The van der Waals surface area contributed by atoms with E-state index in [1.165, 1.54) is 12.3 Å². The third-order valence-corrected chi connectivity index (χ3v) is 5.53. The van der Waals surface area contributed by atoms with Crippen LogP contribution < -0.4 is 0 Å². The Morgan fingerprint density at radius 2 is 1.74 bits per heavy atom. The number of nitrogens with zero attached hydrogens (tertiary/aromatic N) is 2. The van der Waals surface area contributed by atoms with Gasteiger partial charge in [-0.15, -0.1) is 0 Å². The van der Waals surface area contributed by atoms with E-state index in [1.807, 2.05) is 0 Å². The number of phenols is 1. The third kappa shape index (κ3) is 2.24. The Labute approximate surface area is 141 Å². The van der Waals surface area contributed by atoms with Gasteiger partial charge in [0.2, 0.25) is 0 Å². The molecule has 4 atom stereocenters. The number of carbonyl (C=O) groups excluding carboxylic acids is 2. The fourth-order valence-corrected chi connectivity index (χ4v) is 4.30. The summed E-state index contributed by atoms with van der Waals surface area (Å²) in [7, 11) is 0. The van der Waals surface area contributed by atoms with Crippen LogP contribution in [0.4, 0.5) is 0 Å². The average molecular weight is 375 g/mol. The molecule has 6 heteroatoms. The number of phenolic OH excluding ortho intramolecular Hbond substituents is 1. The number of fused-ring (bicyclic) bond motifs is 1. The van der Waals surface area contributed by atoms with Crippen LogP contribution in [0.25, 0.3) is 0 Å². The molecule has 2 bridgehead atoms. The fourth-order valence-electron chi connectivity index (χ4n) is 3.92. The molecular weight excluding hydrogens is 360 g/mol. The Kier molecular flexibility index (Phi) is 3.37. The van der Waals surface area contributed by atoms with Crippen molar-refractivity contribution in [1.82, 2.24) is 5.01 Å². The van der Waals surface area contributed by atoms with Crippen molar-refractivity contribution in [2.24, 2.45) is 28.8 Å². The van der Waals surface area contributed by atoms with Gasteiger partial charge < -0.3 is 5.11 Å². The van der Waals surface area contributed by atoms with E-state index in [9.17, 15) is 14.7 Å². The molecule has 1 aromatic carbocycles. The highest BCUT2D eigenvalue weighted by Gasteiger charge is 2.56. The lowest BCUT2D eigenvalue weighted by molar-refractivity contribution is -0.140. The summed E-state index contributed by atoms with van der Waals surface area (Å²) in [5.74, 6) is -0.606. The Morgan fingerprint density at radius 1 is 1.13 bits per heavy atom. The molecule has 2 amide bonds. The maximum atomic E-state index is 12.6. The normalized spacial score (nSPS) is 32.1. The highest BCUT2D eigenvalue weighted by Crippen LogP contribution is 2.49. The maximum absolute atomic E-state index is 12.6. The van der Waals surface area contributed by atoms with Gasteiger partial charge >= 0.3 is 0 Å². The zero-order chi connectivity index (χ0) is 16.1. The van der Waals surface area contributed by atoms with Crippen LogP contribution in [0.1, 0.15) is 18.4 Å². The minimum atomic E-state index is -0.264. The summed E-state index contributed by atoms with van der Waals surface area (Å²) < 4.78 is 0.784. The summed E-state index contributed by atoms with van der Waals surface area (Å²) in [5.41, 5.74) is 0.455. The molecule has 4 aliphatic rings. The van der Waals surface area contributed by atoms with Crippen molar-refractivity contribution in [2.45, 2.75) is 12.8 Å². The topological polar surface area (TPSA) is 70.0 Å². The van der Waals surface area contributed by atoms with Gasteiger partial charge in [0, 0.05) is 10.0 Å². The highest BCUT2D eigenvalue weighted by atomic mass is 79.9. The molecule has 1 aromatic rings.